The van der Waals surface area contributed by atoms with Gasteiger partial charge in [-0.15, -0.1) is 11.3 Å². The highest BCUT2D eigenvalue weighted by atomic mass is 32.1. The number of pyridine rings is 1. The lowest BCUT2D eigenvalue weighted by molar-refractivity contribution is 1.11. The number of nitrogens with two attached hydrogens (primary N) is 2. The zero-order valence-electron chi connectivity index (χ0n) is 6.45. The lowest BCUT2D eigenvalue weighted by Crippen LogP contribution is -1.91. The number of rotatable bonds is 1. The van der Waals surface area contributed by atoms with Crippen molar-refractivity contribution in [2.75, 3.05) is 5.73 Å². The fourth-order valence-corrected chi connectivity index (χ4v) is 1.97. The monoisotopic (exact) mass is 179 g/mol. The molecule has 0 saturated heterocycles. The molecule has 4 N–H and O–H groups in total. The van der Waals surface area contributed by atoms with E-state index in [1.54, 1.807) is 17.4 Å². The molecule has 2 aromatic heterocycles. The Morgan fingerprint density at radius 1 is 1.42 bits per heavy atom. The first-order valence-electron chi connectivity index (χ1n) is 3.64. The highest BCUT2D eigenvalue weighted by molar-refractivity contribution is 7.19. The molecule has 2 rings (SSSR count). The van der Waals surface area contributed by atoms with E-state index in [1.807, 2.05) is 12.1 Å². The van der Waals surface area contributed by atoms with Crippen LogP contribution in [0.15, 0.2) is 18.2 Å². The van der Waals surface area contributed by atoms with Crippen molar-refractivity contribution in [1.29, 1.82) is 0 Å². The van der Waals surface area contributed by atoms with E-state index in [-0.39, 0.29) is 0 Å². The fraction of sp³-hybridized carbons (Fsp3) is 0.125. The maximum absolute atomic E-state index is 5.54. The minimum Gasteiger partial charge on any atom is -0.384 e. The molecular weight excluding hydrogens is 170 g/mol. The Morgan fingerprint density at radius 2 is 2.25 bits per heavy atom. The van der Waals surface area contributed by atoms with E-state index in [1.165, 1.54) is 0 Å². The van der Waals surface area contributed by atoms with E-state index < -0.39 is 0 Å². The topological polar surface area (TPSA) is 64.9 Å². The normalized spacial score (nSPS) is 10.8. The van der Waals surface area contributed by atoms with Crippen LogP contribution in [0.5, 0.6) is 0 Å². The van der Waals surface area contributed by atoms with Crippen molar-refractivity contribution in [2.24, 2.45) is 5.73 Å². The van der Waals surface area contributed by atoms with Crippen LogP contribution in [0.2, 0.25) is 0 Å². The lowest BCUT2D eigenvalue weighted by atomic mass is 10.3. The van der Waals surface area contributed by atoms with Gasteiger partial charge < -0.3 is 11.5 Å². The minimum absolute atomic E-state index is 0.559. The first-order chi connectivity index (χ1) is 5.79. The van der Waals surface area contributed by atoms with Crippen LogP contribution in [0.25, 0.3) is 10.2 Å². The molecule has 0 aliphatic heterocycles. The molecule has 2 aromatic rings. The summed E-state index contributed by atoms with van der Waals surface area (Å²) in [4.78, 5) is 5.32. The maximum Gasteiger partial charge on any atom is 0.124 e. The van der Waals surface area contributed by atoms with Gasteiger partial charge in [0, 0.05) is 11.4 Å². The second kappa shape index (κ2) is 2.73. The molecule has 0 aliphatic carbocycles. The van der Waals surface area contributed by atoms with Crippen molar-refractivity contribution in [3.63, 3.8) is 0 Å². The molecule has 4 heteroatoms. The molecule has 0 spiro atoms. The van der Waals surface area contributed by atoms with E-state index in [0.29, 0.717) is 12.4 Å². The SMILES string of the molecule is NCc1cc2nc(N)ccc2s1. The fourth-order valence-electron chi connectivity index (χ4n) is 1.09. The van der Waals surface area contributed by atoms with E-state index >= 15 is 0 Å². The maximum atomic E-state index is 5.54. The second-order valence-electron chi connectivity index (χ2n) is 2.54. The van der Waals surface area contributed by atoms with Crippen LogP contribution in [-0.2, 0) is 6.54 Å². The average molecular weight is 179 g/mol. The third-order valence-electron chi connectivity index (χ3n) is 1.65. The van der Waals surface area contributed by atoms with Gasteiger partial charge in [-0.05, 0) is 18.2 Å². The van der Waals surface area contributed by atoms with Gasteiger partial charge >= 0.3 is 0 Å². The molecule has 0 aliphatic rings. The average Bonchev–Trinajstić information content (AvgIpc) is 2.46. The van der Waals surface area contributed by atoms with Gasteiger partial charge in [0.15, 0.2) is 0 Å². The third-order valence-corrected chi connectivity index (χ3v) is 2.76. The Balaban J connectivity index is 2.67. The molecule has 0 atom stereocenters. The smallest absolute Gasteiger partial charge is 0.124 e. The number of hydrogen-bond donors (Lipinski definition) is 2. The van der Waals surface area contributed by atoms with Crippen LogP contribution >= 0.6 is 11.3 Å². The number of nitrogen functional groups attached to an aromatic ring is 1. The highest BCUT2D eigenvalue weighted by Gasteiger charge is 2.00. The Hall–Kier alpha value is -1.13. The van der Waals surface area contributed by atoms with Crippen molar-refractivity contribution in [3.05, 3.63) is 23.1 Å². The number of hydrogen-bond acceptors (Lipinski definition) is 4. The molecule has 0 radical (unpaired) electrons. The molecule has 0 unspecified atom stereocenters. The standard InChI is InChI=1S/C8H9N3S/c9-4-5-3-6-7(12-5)1-2-8(10)11-6/h1-3H,4,9H2,(H2,10,11). The van der Waals surface area contributed by atoms with Gasteiger partial charge in [0.25, 0.3) is 0 Å². The van der Waals surface area contributed by atoms with Crippen molar-refractivity contribution < 1.29 is 0 Å². The second-order valence-corrected chi connectivity index (χ2v) is 3.70. The van der Waals surface area contributed by atoms with Crippen molar-refractivity contribution >= 4 is 27.4 Å². The minimum atomic E-state index is 0.559. The molecule has 0 fully saturated rings. The van der Waals surface area contributed by atoms with E-state index in [4.69, 9.17) is 11.5 Å². The predicted molar refractivity (Wildman–Crippen MR) is 51.9 cm³/mol. The van der Waals surface area contributed by atoms with E-state index in [9.17, 15) is 0 Å². The van der Waals surface area contributed by atoms with Gasteiger partial charge in [-0.2, -0.15) is 0 Å². The summed E-state index contributed by atoms with van der Waals surface area (Å²) in [5.41, 5.74) is 12.0. The summed E-state index contributed by atoms with van der Waals surface area (Å²) in [6.45, 7) is 0.570. The van der Waals surface area contributed by atoms with Crippen LogP contribution < -0.4 is 11.5 Å². The van der Waals surface area contributed by atoms with Gasteiger partial charge in [-0.3, -0.25) is 0 Å². The molecule has 0 aromatic carbocycles. The van der Waals surface area contributed by atoms with Gasteiger partial charge in [0.1, 0.15) is 5.82 Å². The van der Waals surface area contributed by atoms with Crippen LogP contribution in [0.4, 0.5) is 5.82 Å². The number of thiophene rings is 1. The Morgan fingerprint density at radius 3 is 3.00 bits per heavy atom. The van der Waals surface area contributed by atoms with E-state index in [2.05, 4.69) is 4.98 Å². The van der Waals surface area contributed by atoms with Gasteiger partial charge in [0.2, 0.25) is 0 Å². The van der Waals surface area contributed by atoms with Crippen molar-refractivity contribution in [2.45, 2.75) is 6.54 Å². The summed E-state index contributed by atoms with van der Waals surface area (Å²) >= 11 is 1.66. The summed E-state index contributed by atoms with van der Waals surface area (Å²) in [7, 11) is 0. The number of anilines is 1. The third kappa shape index (κ3) is 1.15. The molecule has 0 amide bonds. The molecule has 62 valence electrons. The first-order valence-corrected chi connectivity index (χ1v) is 4.46. The van der Waals surface area contributed by atoms with Crippen LogP contribution in [-0.4, -0.2) is 4.98 Å². The van der Waals surface area contributed by atoms with Gasteiger partial charge in [-0.1, -0.05) is 0 Å². The number of fused-ring (bicyclic) bond motifs is 1. The highest BCUT2D eigenvalue weighted by Crippen LogP contribution is 2.24. The first kappa shape index (κ1) is 7.52. The van der Waals surface area contributed by atoms with Gasteiger partial charge in [0.05, 0.1) is 10.2 Å². The van der Waals surface area contributed by atoms with Crippen LogP contribution in [0.1, 0.15) is 4.88 Å². The summed E-state index contributed by atoms with van der Waals surface area (Å²) in [5.74, 6) is 0.559. The van der Waals surface area contributed by atoms with Crippen molar-refractivity contribution in [3.8, 4) is 0 Å². The molecule has 12 heavy (non-hydrogen) atoms. The summed E-state index contributed by atoms with van der Waals surface area (Å²) < 4.78 is 1.14. The van der Waals surface area contributed by atoms with Crippen LogP contribution in [0.3, 0.4) is 0 Å². The summed E-state index contributed by atoms with van der Waals surface area (Å²) in [5, 5.41) is 0. The van der Waals surface area contributed by atoms with E-state index in [0.717, 1.165) is 15.1 Å². The quantitative estimate of drug-likeness (QED) is 0.694. The Labute approximate surface area is 74.0 Å². The predicted octanol–water partition coefficient (Wildman–Crippen LogP) is 1.34. The Bertz CT molecular complexity index is 408. The molecule has 0 saturated carbocycles. The van der Waals surface area contributed by atoms with Crippen molar-refractivity contribution in [1.82, 2.24) is 4.98 Å². The zero-order chi connectivity index (χ0) is 8.55. The van der Waals surface area contributed by atoms with Gasteiger partial charge in [-0.25, -0.2) is 4.98 Å². The Kier molecular flexibility index (Phi) is 1.71. The molecular formula is C8H9N3S. The lowest BCUT2D eigenvalue weighted by Gasteiger charge is -1.89. The molecule has 2 heterocycles. The summed E-state index contributed by atoms with van der Waals surface area (Å²) in [6.07, 6.45) is 0. The molecule has 0 bridgehead atoms. The molecule has 3 nitrogen and oxygen atoms in total. The van der Waals surface area contributed by atoms with Crippen LogP contribution in [0, 0.1) is 0 Å². The summed E-state index contributed by atoms with van der Waals surface area (Å²) in [6, 6.07) is 5.76. The number of nitrogens with zero attached hydrogens (tertiary/aromatic N) is 1. The number of aromatic nitrogens is 1. The largest absolute Gasteiger partial charge is 0.384 e. The zero-order valence-corrected chi connectivity index (χ0v) is 7.27.